The summed E-state index contributed by atoms with van der Waals surface area (Å²) in [5.74, 6) is -4.13. The van der Waals surface area contributed by atoms with Gasteiger partial charge in [-0.3, -0.25) is 20.2 Å². The van der Waals surface area contributed by atoms with E-state index in [2.05, 4.69) is 20.9 Å². The number of hydrogen-bond acceptors (Lipinski definition) is 13. The highest BCUT2D eigenvalue weighted by Gasteiger charge is 2.48. The number of carbonyl (C=O) groups excluding carboxylic acids is 4. The predicted octanol–water partition coefficient (Wildman–Crippen LogP) is 0.426. The smallest absolute Gasteiger partial charge is 0.416 e. The molecule has 6 N–H and O–H groups in total. The van der Waals surface area contributed by atoms with Crippen molar-refractivity contribution in [1.82, 2.24) is 16.0 Å². The van der Waals surface area contributed by atoms with Gasteiger partial charge in [-0.1, -0.05) is 19.3 Å². The SMILES string of the molecule is CC(=O)N[C@H]1[C@H]([C@@H]2OCC[C@@H](O)[C@H]2O)OC(C(=O)O)=C[C@@H]1N=C(NC(=O)OCOC(=O)C1CCCCC1)NC(=O)OC(C)(C)C. The summed E-state index contributed by atoms with van der Waals surface area (Å²) in [6, 6.07) is -2.59. The number of esters is 1. The Morgan fingerprint density at radius 1 is 0.978 bits per heavy atom. The minimum absolute atomic E-state index is 0.000234. The molecule has 3 amide bonds. The van der Waals surface area contributed by atoms with E-state index in [1.54, 1.807) is 20.8 Å². The average molecular weight is 643 g/mol. The summed E-state index contributed by atoms with van der Waals surface area (Å²) >= 11 is 0. The molecule has 1 aliphatic carbocycles. The third kappa shape index (κ3) is 10.9. The van der Waals surface area contributed by atoms with Crippen LogP contribution in [0.25, 0.3) is 0 Å². The Hall–Kier alpha value is -3.96. The zero-order chi connectivity index (χ0) is 33.3. The van der Waals surface area contributed by atoms with Gasteiger partial charge < -0.3 is 44.3 Å². The van der Waals surface area contributed by atoms with Crippen LogP contribution in [0.15, 0.2) is 16.8 Å². The average Bonchev–Trinajstić information content (AvgIpc) is 2.94. The number of aliphatic hydroxyl groups excluding tert-OH is 2. The second-order valence-corrected chi connectivity index (χ2v) is 11.9. The lowest BCUT2D eigenvalue weighted by Gasteiger charge is -2.43. The van der Waals surface area contributed by atoms with E-state index in [0.717, 1.165) is 25.3 Å². The van der Waals surface area contributed by atoms with Crippen LogP contribution in [0.4, 0.5) is 9.59 Å². The van der Waals surface area contributed by atoms with E-state index in [-0.39, 0.29) is 18.9 Å². The van der Waals surface area contributed by atoms with Gasteiger partial charge in [0, 0.05) is 13.5 Å². The number of nitrogens with zero attached hydrogens (tertiary/aromatic N) is 1. The minimum Gasteiger partial charge on any atom is -0.478 e. The number of guanidine groups is 1. The van der Waals surface area contributed by atoms with Crippen LogP contribution in [-0.4, -0.2) is 107 Å². The lowest BCUT2D eigenvalue weighted by atomic mass is 9.88. The maximum absolute atomic E-state index is 12.7. The first-order valence-electron chi connectivity index (χ1n) is 14.7. The molecular weight excluding hydrogens is 600 g/mol. The standard InChI is InChI=1S/C28H42N4O13/c1-14(33)29-19-16(12-18(23(36)37)44-21(19)22-20(35)17(34)10-11-41-22)30-25(32-27(40)45-28(2,3)4)31-26(39)43-13-42-24(38)15-8-6-5-7-9-15/h12,15-17,19-22,34-35H,5-11,13H2,1-4H3,(H,29,33)(H,36,37)(H2,30,31,32,39,40)/t16-,17+,19+,20+,21+,22+/m0/s1. The third-order valence-electron chi connectivity index (χ3n) is 7.11. The fourth-order valence-electron chi connectivity index (χ4n) is 5.10. The Bertz CT molecular complexity index is 1160. The maximum Gasteiger partial charge on any atom is 0.416 e. The highest BCUT2D eigenvalue weighted by molar-refractivity contribution is 6.01. The van der Waals surface area contributed by atoms with Crippen molar-refractivity contribution in [3.05, 3.63) is 11.8 Å². The third-order valence-corrected chi connectivity index (χ3v) is 7.11. The number of alkyl carbamates (subject to hydrolysis) is 2. The largest absolute Gasteiger partial charge is 0.478 e. The first kappa shape index (κ1) is 35.5. The Kier molecular flexibility index (Phi) is 12.5. The number of amides is 3. The zero-order valence-corrected chi connectivity index (χ0v) is 25.6. The molecule has 0 bridgehead atoms. The molecule has 0 aromatic rings. The van der Waals surface area contributed by atoms with Crippen LogP contribution in [0.2, 0.25) is 0 Å². The van der Waals surface area contributed by atoms with Gasteiger partial charge in [-0.2, -0.15) is 0 Å². The lowest BCUT2D eigenvalue weighted by molar-refractivity contribution is -0.185. The first-order chi connectivity index (χ1) is 21.1. The number of carboxylic acids is 1. The molecular formula is C28H42N4O13. The maximum atomic E-state index is 12.7. The van der Waals surface area contributed by atoms with Crippen LogP contribution in [-0.2, 0) is 38.1 Å². The summed E-state index contributed by atoms with van der Waals surface area (Å²) in [5.41, 5.74) is -0.961. The van der Waals surface area contributed by atoms with Gasteiger partial charge in [0.2, 0.25) is 24.4 Å². The van der Waals surface area contributed by atoms with Crippen LogP contribution in [0.3, 0.4) is 0 Å². The van der Waals surface area contributed by atoms with Crippen molar-refractivity contribution in [2.45, 2.75) is 108 Å². The van der Waals surface area contributed by atoms with Gasteiger partial charge in [0.15, 0.2) is 6.10 Å². The molecule has 17 nitrogen and oxygen atoms in total. The summed E-state index contributed by atoms with van der Waals surface area (Å²) in [6.07, 6.45) is -2.38. The fourth-order valence-corrected chi connectivity index (χ4v) is 5.10. The number of aliphatic imine (C=N–C) groups is 1. The molecule has 0 radical (unpaired) electrons. The summed E-state index contributed by atoms with van der Waals surface area (Å²) < 4.78 is 26.4. The fraction of sp³-hybridized carbons (Fsp3) is 0.714. The molecule has 0 unspecified atom stereocenters. The van der Waals surface area contributed by atoms with E-state index < -0.39 is 90.6 Å². The molecule has 2 heterocycles. The number of aliphatic carboxylic acids is 1. The highest BCUT2D eigenvalue weighted by atomic mass is 16.7. The van der Waals surface area contributed by atoms with Crippen molar-refractivity contribution >= 4 is 36.0 Å². The Labute approximate surface area is 259 Å². The first-order valence-corrected chi connectivity index (χ1v) is 14.7. The Balaban J connectivity index is 1.88. The molecule has 0 aromatic heterocycles. The van der Waals surface area contributed by atoms with Gasteiger partial charge in [0.05, 0.1) is 24.1 Å². The molecule has 2 aliphatic heterocycles. The monoisotopic (exact) mass is 642 g/mol. The highest BCUT2D eigenvalue weighted by Crippen LogP contribution is 2.29. The van der Waals surface area contributed by atoms with Crippen LogP contribution in [0.5, 0.6) is 0 Å². The number of carbonyl (C=O) groups is 5. The van der Waals surface area contributed by atoms with Gasteiger partial charge in [-0.05, 0) is 46.1 Å². The van der Waals surface area contributed by atoms with Crippen molar-refractivity contribution in [3.8, 4) is 0 Å². The second-order valence-electron chi connectivity index (χ2n) is 11.9. The predicted molar refractivity (Wildman–Crippen MR) is 152 cm³/mol. The van der Waals surface area contributed by atoms with Gasteiger partial charge >= 0.3 is 24.1 Å². The Morgan fingerprint density at radius 2 is 1.64 bits per heavy atom. The molecule has 252 valence electrons. The molecule has 6 atom stereocenters. The quantitative estimate of drug-likeness (QED) is 0.0956. The van der Waals surface area contributed by atoms with Gasteiger partial charge in [0.25, 0.3) is 0 Å². The summed E-state index contributed by atoms with van der Waals surface area (Å²) in [4.78, 5) is 66.0. The van der Waals surface area contributed by atoms with Crippen molar-refractivity contribution in [3.63, 3.8) is 0 Å². The number of aliphatic hydroxyl groups is 2. The van der Waals surface area contributed by atoms with Crippen LogP contribution >= 0.6 is 0 Å². The summed E-state index contributed by atoms with van der Waals surface area (Å²) in [7, 11) is 0. The molecule has 3 rings (SSSR count). The molecule has 3 aliphatic rings. The second kappa shape index (κ2) is 15.9. The van der Waals surface area contributed by atoms with Crippen LogP contribution in [0, 0.1) is 5.92 Å². The van der Waals surface area contributed by atoms with E-state index >= 15 is 0 Å². The summed E-state index contributed by atoms with van der Waals surface area (Å²) in [5, 5.41) is 37.6. The van der Waals surface area contributed by atoms with E-state index in [1.165, 1.54) is 6.92 Å². The van der Waals surface area contributed by atoms with Crippen molar-refractivity contribution in [2.24, 2.45) is 10.9 Å². The molecule has 1 saturated heterocycles. The lowest BCUT2D eigenvalue weighted by Crippen LogP contribution is -2.62. The molecule has 0 aromatic carbocycles. The van der Waals surface area contributed by atoms with Gasteiger partial charge in [-0.15, -0.1) is 0 Å². The van der Waals surface area contributed by atoms with Gasteiger partial charge in [0.1, 0.15) is 17.8 Å². The van der Waals surface area contributed by atoms with E-state index in [0.29, 0.717) is 12.8 Å². The zero-order valence-electron chi connectivity index (χ0n) is 25.6. The van der Waals surface area contributed by atoms with E-state index in [4.69, 9.17) is 23.7 Å². The van der Waals surface area contributed by atoms with E-state index in [1.807, 2.05) is 0 Å². The van der Waals surface area contributed by atoms with Crippen LogP contribution in [0.1, 0.15) is 66.2 Å². The molecule has 2 fully saturated rings. The van der Waals surface area contributed by atoms with E-state index in [9.17, 15) is 39.3 Å². The molecule has 17 heteroatoms. The normalized spacial score (nSPS) is 27.6. The van der Waals surface area contributed by atoms with Gasteiger partial charge in [-0.25, -0.2) is 19.4 Å². The number of rotatable bonds is 7. The summed E-state index contributed by atoms with van der Waals surface area (Å²) in [6.45, 7) is 5.22. The topological polar surface area (TPSA) is 241 Å². The molecule has 0 spiro atoms. The van der Waals surface area contributed by atoms with Crippen LogP contribution < -0.4 is 16.0 Å². The molecule has 45 heavy (non-hydrogen) atoms. The van der Waals surface area contributed by atoms with Crippen molar-refractivity contribution < 1.29 is 63.0 Å². The number of hydrogen-bond donors (Lipinski definition) is 6. The Morgan fingerprint density at radius 3 is 2.27 bits per heavy atom. The number of ether oxygens (including phenoxy) is 5. The minimum atomic E-state index is -1.53. The number of nitrogens with one attached hydrogen (secondary N) is 3. The van der Waals surface area contributed by atoms with Crippen molar-refractivity contribution in [1.29, 1.82) is 0 Å². The van der Waals surface area contributed by atoms with Crippen molar-refractivity contribution in [2.75, 3.05) is 13.4 Å². The number of carboxylic acid groups (broad SMARTS) is 1. The molecule has 1 saturated carbocycles.